The van der Waals surface area contributed by atoms with E-state index in [1.807, 2.05) is 6.07 Å². The lowest BCUT2D eigenvalue weighted by atomic mass is 10.2. The van der Waals surface area contributed by atoms with E-state index in [1.54, 1.807) is 6.20 Å². The Morgan fingerprint density at radius 2 is 2.53 bits per heavy atom. The van der Waals surface area contributed by atoms with E-state index in [4.69, 9.17) is 0 Å². The average Bonchev–Trinajstić information content (AvgIpc) is 2.78. The Morgan fingerprint density at radius 3 is 3.13 bits per heavy atom. The summed E-state index contributed by atoms with van der Waals surface area (Å²) in [5.74, 6) is 0. The number of nitrogens with zero attached hydrogens (tertiary/aromatic N) is 2. The molecule has 1 atom stereocenters. The van der Waals surface area contributed by atoms with Gasteiger partial charge in [0.2, 0.25) is 0 Å². The van der Waals surface area contributed by atoms with Crippen LogP contribution in [-0.2, 0) is 6.54 Å². The minimum atomic E-state index is 0. The Balaban J connectivity index is 0.00000112. The van der Waals surface area contributed by atoms with Crippen LogP contribution in [0.4, 0.5) is 0 Å². The van der Waals surface area contributed by atoms with Crippen LogP contribution in [0.3, 0.4) is 0 Å². The fourth-order valence-electron chi connectivity index (χ4n) is 1.99. The van der Waals surface area contributed by atoms with Gasteiger partial charge in [0.05, 0.1) is 0 Å². The molecule has 4 nitrogen and oxygen atoms in total. The number of H-pyrrole nitrogens is 1. The molecule has 0 aliphatic carbocycles. The molecule has 1 aromatic heterocycles. The van der Waals surface area contributed by atoms with E-state index < -0.39 is 0 Å². The number of hydrogen-bond acceptors (Lipinski definition) is 3. The maximum absolute atomic E-state index is 3.91. The highest BCUT2D eigenvalue weighted by molar-refractivity contribution is 5.85. The zero-order valence-corrected chi connectivity index (χ0v) is 9.89. The molecule has 86 valence electrons. The van der Waals surface area contributed by atoms with E-state index in [2.05, 4.69) is 27.5 Å². The summed E-state index contributed by atoms with van der Waals surface area (Å²) in [6, 6.07) is 2.73. The average molecular weight is 231 g/mol. The lowest BCUT2D eigenvalue weighted by molar-refractivity contribution is 0.300. The number of hydrogen-bond donors (Lipinski definition) is 2. The van der Waals surface area contributed by atoms with Crippen LogP contribution in [0.5, 0.6) is 0 Å². The molecule has 1 fully saturated rings. The van der Waals surface area contributed by atoms with E-state index >= 15 is 0 Å². The Kier molecular flexibility index (Phi) is 5.08. The summed E-state index contributed by atoms with van der Waals surface area (Å²) in [5.41, 5.74) is 1.16. The molecule has 0 aromatic carbocycles. The molecular weight excluding hydrogens is 212 g/mol. The van der Waals surface area contributed by atoms with Gasteiger partial charge < -0.3 is 10.2 Å². The summed E-state index contributed by atoms with van der Waals surface area (Å²) in [5, 5.41) is 10.3. The van der Waals surface area contributed by atoms with Gasteiger partial charge in [-0.2, -0.15) is 5.10 Å². The third-order valence-electron chi connectivity index (χ3n) is 2.93. The number of likely N-dealkylation sites (tertiary alicyclic amines) is 1. The van der Waals surface area contributed by atoms with Crippen molar-refractivity contribution in [2.45, 2.75) is 25.4 Å². The third kappa shape index (κ3) is 3.48. The Labute approximate surface area is 96.8 Å². The van der Waals surface area contributed by atoms with Crippen molar-refractivity contribution in [3.8, 4) is 0 Å². The summed E-state index contributed by atoms with van der Waals surface area (Å²) in [6.07, 6.45) is 4.46. The molecule has 1 unspecified atom stereocenters. The fourth-order valence-corrected chi connectivity index (χ4v) is 1.99. The molecule has 0 bridgehead atoms. The smallest absolute Gasteiger partial charge is 0.0490 e. The minimum Gasteiger partial charge on any atom is -0.310 e. The van der Waals surface area contributed by atoms with Crippen molar-refractivity contribution in [1.29, 1.82) is 0 Å². The van der Waals surface area contributed by atoms with Gasteiger partial charge in [-0.1, -0.05) is 0 Å². The lowest BCUT2D eigenvalue weighted by Gasteiger charge is -2.19. The van der Waals surface area contributed by atoms with Gasteiger partial charge in [-0.15, -0.1) is 12.4 Å². The minimum absolute atomic E-state index is 0. The molecule has 15 heavy (non-hydrogen) atoms. The Bertz CT molecular complexity index is 262. The van der Waals surface area contributed by atoms with E-state index in [0.29, 0.717) is 0 Å². The number of aromatic amines is 1. The van der Waals surface area contributed by atoms with Crippen molar-refractivity contribution in [3.05, 3.63) is 18.0 Å². The number of rotatable bonds is 4. The van der Waals surface area contributed by atoms with Gasteiger partial charge in [-0.05, 0) is 32.5 Å². The second kappa shape index (κ2) is 6.10. The quantitative estimate of drug-likeness (QED) is 0.812. The first-order valence-corrected chi connectivity index (χ1v) is 5.25. The van der Waals surface area contributed by atoms with Crippen LogP contribution < -0.4 is 5.32 Å². The maximum Gasteiger partial charge on any atom is 0.0490 e. The fraction of sp³-hybridized carbons (Fsp3) is 0.700. The number of likely N-dealkylation sites (N-methyl/N-ethyl adjacent to an activating group) is 1. The first kappa shape index (κ1) is 12.5. The van der Waals surface area contributed by atoms with E-state index in [0.717, 1.165) is 24.8 Å². The van der Waals surface area contributed by atoms with Gasteiger partial charge in [-0.3, -0.25) is 5.10 Å². The second-order valence-corrected chi connectivity index (χ2v) is 3.99. The van der Waals surface area contributed by atoms with Crippen molar-refractivity contribution >= 4 is 12.4 Å². The molecular formula is C10H19ClN4. The maximum atomic E-state index is 3.91. The molecule has 0 radical (unpaired) electrons. The zero-order chi connectivity index (χ0) is 9.80. The molecule has 1 aliphatic heterocycles. The van der Waals surface area contributed by atoms with Gasteiger partial charge in [-0.25, -0.2) is 0 Å². The van der Waals surface area contributed by atoms with Crippen molar-refractivity contribution in [1.82, 2.24) is 20.4 Å². The van der Waals surface area contributed by atoms with Gasteiger partial charge >= 0.3 is 0 Å². The molecule has 0 amide bonds. The number of nitrogens with one attached hydrogen (secondary N) is 2. The number of aromatic nitrogens is 2. The molecule has 0 saturated carbocycles. The summed E-state index contributed by atoms with van der Waals surface area (Å²) >= 11 is 0. The van der Waals surface area contributed by atoms with Crippen molar-refractivity contribution < 1.29 is 0 Å². The topological polar surface area (TPSA) is 44.0 Å². The van der Waals surface area contributed by atoms with Gasteiger partial charge in [0.25, 0.3) is 0 Å². The standard InChI is InChI=1S/C10H18N4.ClH/c1-14-6-2-3-10(14)8-11-7-9-4-5-12-13-9;/h4-5,10-11H,2-3,6-8H2,1H3,(H,12,13);1H. The highest BCUT2D eigenvalue weighted by Crippen LogP contribution is 2.13. The third-order valence-corrected chi connectivity index (χ3v) is 2.93. The molecule has 2 heterocycles. The predicted octanol–water partition coefficient (Wildman–Crippen LogP) is 1.02. The van der Waals surface area contributed by atoms with Crippen LogP contribution >= 0.6 is 12.4 Å². The van der Waals surface area contributed by atoms with Crippen molar-refractivity contribution in [2.24, 2.45) is 0 Å². The zero-order valence-electron chi connectivity index (χ0n) is 9.07. The molecule has 2 N–H and O–H groups in total. The largest absolute Gasteiger partial charge is 0.310 e. The van der Waals surface area contributed by atoms with Gasteiger partial charge in [0.15, 0.2) is 0 Å². The molecule has 2 rings (SSSR count). The first-order valence-electron chi connectivity index (χ1n) is 5.25. The summed E-state index contributed by atoms with van der Waals surface area (Å²) in [7, 11) is 2.20. The highest BCUT2D eigenvalue weighted by Gasteiger charge is 2.19. The highest BCUT2D eigenvalue weighted by atomic mass is 35.5. The van der Waals surface area contributed by atoms with Crippen LogP contribution in [-0.4, -0.2) is 41.3 Å². The van der Waals surface area contributed by atoms with Crippen LogP contribution in [0.25, 0.3) is 0 Å². The summed E-state index contributed by atoms with van der Waals surface area (Å²) in [6.45, 7) is 3.22. The lowest BCUT2D eigenvalue weighted by Crippen LogP contribution is -2.35. The van der Waals surface area contributed by atoms with E-state index in [9.17, 15) is 0 Å². The van der Waals surface area contributed by atoms with Crippen LogP contribution in [0, 0.1) is 0 Å². The van der Waals surface area contributed by atoms with Crippen LogP contribution in [0.2, 0.25) is 0 Å². The Hall–Kier alpha value is -0.580. The monoisotopic (exact) mass is 230 g/mol. The molecule has 1 aromatic rings. The van der Waals surface area contributed by atoms with Crippen LogP contribution in [0.15, 0.2) is 12.3 Å². The molecule has 1 aliphatic rings. The van der Waals surface area contributed by atoms with Crippen molar-refractivity contribution in [3.63, 3.8) is 0 Å². The number of halogens is 1. The molecule has 0 spiro atoms. The SMILES string of the molecule is CN1CCCC1CNCc1ccn[nH]1.Cl. The van der Waals surface area contributed by atoms with Gasteiger partial charge in [0.1, 0.15) is 0 Å². The molecule has 5 heteroatoms. The van der Waals surface area contributed by atoms with E-state index in [-0.39, 0.29) is 12.4 Å². The molecule has 1 saturated heterocycles. The van der Waals surface area contributed by atoms with E-state index in [1.165, 1.54) is 19.4 Å². The normalized spacial score (nSPS) is 21.5. The van der Waals surface area contributed by atoms with Gasteiger partial charge in [0, 0.05) is 31.0 Å². The summed E-state index contributed by atoms with van der Waals surface area (Å²) < 4.78 is 0. The first-order chi connectivity index (χ1) is 6.86. The van der Waals surface area contributed by atoms with Crippen molar-refractivity contribution in [2.75, 3.05) is 20.1 Å². The Morgan fingerprint density at radius 1 is 1.67 bits per heavy atom. The second-order valence-electron chi connectivity index (χ2n) is 3.99. The van der Waals surface area contributed by atoms with Crippen LogP contribution in [0.1, 0.15) is 18.5 Å². The summed E-state index contributed by atoms with van der Waals surface area (Å²) in [4.78, 5) is 2.43. The predicted molar refractivity (Wildman–Crippen MR) is 63.2 cm³/mol.